The second-order valence-electron chi connectivity index (χ2n) is 12.8. The number of fused-ring (bicyclic) bond motifs is 2. The zero-order valence-corrected chi connectivity index (χ0v) is 28.4. The van der Waals surface area contributed by atoms with Gasteiger partial charge in [0.2, 0.25) is 0 Å². The van der Waals surface area contributed by atoms with Gasteiger partial charge in [-0.2, -0.15) is 0 Å². The van der Waals surface area contributed by atoms with Crippen LogP contribution in [0.5, 0.6) is 11.5 Å². The number of methoxy groups -OCH3 is 1. The highest BCUT2D eigenvalue weighted by molar-refractivity contribution is 6.07. The number of allylic oxidation sites excluding steroid dienone is 1. The van der Waals surface area contributed by atoms with E-state index in [9.17, 15) is 19.8 Å². The van der Waals surface area contributed by atoms with Crippen molar-refractivity contribution in [3.63, 3.8) is 0 Å². The lowest BCUT2D eigenvalue weighted by Gasteiger charge is -2.30. The number of anilines is 3. The van der Waals surface area contributed by atoms with Gasteiger partial charge in [-0.15, -0.1) is 5.10 Å². The van der Waals surface area contributed by atoms with E-state index in [0.29, 0.717) is 52.8 Å². The van der Waals surface area contributed by atoms with Gasteiger partial charge in [0.15, 0.2) is 12.2 Å². The molecule has 4 aromatic carbocycles. The number of nitrogens with zero attached hydrogens (tertiary/aromatic N) is 5. The first-order valence-corrected chi connectivity index (χ1v) is 16.9. The molecule has 0 radical (unpaired) electrons. The molecule has 51 heavy (non-hydrogen) atoms. The van der Waals surface area contributed by atoms with Gasteiger partial charge in [-0.05, 0) is 60.0 Å². The van der Waals surface area contributed by atoms with Crippen molar-refractivity contribution in [3.05, 3.63) is 138 Å². The molecule has 0 saturated heterocycles. The molecule has 260 valence electrons. The molecule has 11 nitrogen and oxygen atoms in total. The summed E-state index contributed by atoms with van der Waals surface area (Å²) in [5, 5.41) is 30.8. The summed E-state index contributed by atoms with van der Waals surface area (Å²) in [4.78, 5) is 30.5. The van der Waals surface area contributed by atoms with Crippen LogP contribution < -0.4 is 19.3 Å². The number of aryl methyl sites for hydroxylation is 1. The maximum absolute atomic E-state index is 14.3. The van der Waals surface area contributed by atoms with Gasteiger partial charge in [-0.25, -0.2) is 0 Å². The first-order chi connectivity index (χ1) is 24.8. The molecule has 3 heterocycles. The fraction of sp³-hybridized carbons (Fsp3) is 0.250. The number of hydrogen-bond donors (Lipinski definition) is 2. The van der Waals surface area contributed by atoms with Crippen molar-refractivity contribution in [1.29, 1.82) is 0 Å². The summed E-state index contributed by atoms with van der Waals surface area (Å²) in [5.74, 6) is -0.337. The fourth-order valence-corrected chi connectivity index (χ4v) is 6.86. The van der Waals surface area contributed by atoms with E-state index in [4.69, 9.17) is 9.47 Å². The summed E-state index contributed by atoms with van der Waals surface area (Å²) in [6, 6.07) is 29.9. The first-order valence-electron chi connectivity index (χ1n) is 16.9. The van der Waals surface area contributed by atoms with Crippen LogP contribution in [0.3, 0.4) is 0 Å². The van der Waals surface area contributed by atoms with Crippen molar-refractivity contribution in [2.24, 2.45) is 5.92 Å². The van der Waals surface area contributed by atoms with Gasteiger partial charge in [-0.3, -0.25) is 19.2 Å². The lowest BCUT2D eigenvalue weighted by Crippen LogP contribution is -2.44. The Morgan fingerprint density at radius 2 is 1.78 bits per heavy atom. The molecule has 1 unspecified atom stereocenters. The molecule has 2 aliphatic heterocycles. The van der Waals surface area contributed by atoms with Gasteiger partial charge in [-0.1, -0.05) is 78.9 Å². The van der Waals surface area contributed by atoms with Crippen molar-refractivity contribution in [2.75, 3.05) is 30.1 Å². The Morgan fingerprint density at radius 3 is 2.59 bits per heavy atom. The maximum Gasteiger partial charge on any atom is 0.269 e. The van der Waals surface area contributed by atoms with Crippen LogP contribution in [0.15, 0.2) is 115 Å². The van der Waals surface area contributed by atoms with Crippen molar-refractivity contribution in [3.8, 4) is 11.5 Å². The van der Waals surface area contributed by atoms with Crippen LogP contribution in [-0.4, -0.2) is 57.3 Å². The number of aliphatic hydroxyl groups is 2. The molecule has 2 amide bonds. The summed E-state index contributed by atoms with van der Waals surface area (Å²) < 4.78 is 12.8. The lowest BCUT2D eigenvalue weighted by molar-refractivity contribution is -0.139. The van der Waals surface area contributed by atoms with Crippen molar-refractivity contribution >= 4 is 28.9 Å². The minimum atomic E-state index is -1.85. The smallest absolute Gasteiger partial charge is 0.269 e. The molecular formula is C40H39N5O6. The van der Waals surface area contributed by atoms with Crippen LogP contribution in [0.4, 0.5) is 17.1 Å². The van der Waals surface area contributed by atoms with E-state index in [1.165, 1.54) is 0 Å². The summed E-state index contributed by atoms with van der Waals surface area (Å²) >= 11 is 0. The number of aliphatic hydroxyl groups excluding tert-OH is 1. The summed E-state index contributed by atoms with van der Waals surface area (Å²) in [7, 11) is 1.55. The van der Waals surface area contributed by atoms with Gasteiger partial charge in [0.05, 0.1) is 43.2 Å². The number of aromatic nitrogens is 3. The van der Waals surface area contributed by atoms with E-state index >= 15 is 0 Å². The number of ether oxygens (including phenoxy) is 2. The fourth-order valence-electron chi connectivity index (χ4n) is 6.86. The number of carbonyl (C=O) groups is 2. The maximum atomic E-state index is 14.3. The second kappa shape index (κ2) is 14.2. The largest absolute Gasteiger partial charge is 0.497 e. The molecule has 0 fully saturated rings. The molecule has 2 aliphatic rings. The van der Waals surface area contributed by atoms with E-state index in [1.807, 2.05) is 104 Å². The summed E-state index contributed by atoms with van der Waals surface area (Å²) in [6.45, 7) is 2.37. The second-order valence-corrected chi connectivity index (χ2v) is 12.8. The van der Waals surface area contributed by atoms with Crippen molar-refractivity contribution < 1.29 is 29.3 Å². The lowest BCUT2D eigenvalue weighted by atomic mass is 9.83. The number of carbonyl (C=O) groups excluding carboxylic acids is 2. The Balaban J connectivity index is 1.09. The standard InChI is InChI=1S/C40H39N5O6/c1-27(11-8-9-20-43-24-34(41-42-43)32(25-46)29-13-4-3-5-14-29)40(49)33-22-31(50-2)18-19-35(33)44(39(40)48)23-28-12-10-15-30(21-28)45-36-16-6-7-17-37(36)51-26-38(45)47/h3-8,10-19,21-22,24,27,32,46,49H,9,20,23,25-26H2,1-2H3/b11-8+/t27-,32?,40+/m0/s1. The molecule has 0 bridgehead atoms. The SMILES string of the molecule is COc1ccc2c(c1)[C@](O)([C@@H](C)/C=C/CCn1cc(C(CO)c3ccccc3)nn1)C(=O)N2Cc1cccc(N2C(=O)COc3ccccc32)c1. The predicted molar refractivity (Wildman–Crippen MR) is 192 cm³/mol. The average Bonchev–Trinajstić information content (AvgIpc) is 3.71. The molecule has 5 aromatic rings. The topological polar surface area (TPSA) is 130 Å². The molecule has 3 atom stereocenters. The van der Waals surface area contributed by atoms with Crippen LogP contribution >= 0.6 is 0 Å². The molecule has 11 heteroatoms. The van der Waals surface area contributed by atoms with E-state index in [0.717, 1.165) is 11.1 Å². The molecule has 2 N–H and O–H groups in total. The molecule has 0 spiro atoms. The Kier molecular flexibility index (Phi) is 9.40. The van der Waals surface area contributed by atoms with Gasteiger partial charge < -0.3 is 24.6 Å². The van der Waals surface area contributed by atoms with Gasteiger partial charge in [0.1, 0.15) is 11.5 Å². The number of hydrogen-bond acceptors (Lipinski definition) is 8. The molecule has 7 rings (SSSR count). The third-order valence-electron chi connectivity index (χ3n) is 9.60. The average molecular weight is 686 g/mol. The molecule has 1 aromatic heterocycles. The summed E-state index contributed by atoms with van der Waals surface area (Å²) in [5.41, 5.74) is 2.96. The Hall–Kier alpha value is -5.78. The van der Waals surface area contributed by atoms with Crippen LogP contribution in [0.25, 0.3) is 0 Å². The first kappa shape index (κ1) is 33.7. The van der Waals surface area contributed by atoms with Gasteiger partial charge >= 0.3 is 0 Å². The number of amides is 2. The third kappa shape index (κ3) is 6.37. The highest BCUT2D eigenvalue weighted by atomic mass is 16.5. The van der Waals surface area contributed by atoms with Crippen LogP contribution in [0.1, 0.15) is 41.6 Å². The summed E-state index contributed by atoms with van der Waals surface area (Å²) in [6.07, 6.45) is 6.20. The Bertz CT molecular complexity index is 2080. The third-order valence-corrected chi connectivity index (χ3v) is 9.60. The number of benzene rings is 4. The molecule has 0 saturated carbocycles. The molecular weight excluding hydrogens is 646 g/mol. The van der Waals surface area contributed by atoms with E-state index in [2.05, 4.69) is 10.3 Å². The zero-order chi connectivity index (χ0) is 35.5. The van der Waals surface area contributed by atoms with E-state index < -0.39 is 17.4 Å². The van der Waals surface area contributed by atoms with Crippen LogP contribution in [-0.2, 0) is 28.3 Å². The Morgan fingerprint density at radius 1 is 0.980 bits per heavy atom. The number of para-hydroxylation sites is 2. The van der Waals surface area contributed by atoms with Crippen LogP contribution in [0.2, 0.25) is 0 Å². The van der Waals surface area contributed by atoms with Crippen LogP contribution in [0, 0.1) is 5.92 Å². The Labute approximate surface area is 296 Å². The minimum Gasteiger partial charge on any atom is -0.497 e. The van der Waals surface area contributed by atoms with Gasteiger partial charge in [0, 0.05) is 29.9 Å². The quantitative estimate of drug-likeness (QED) is 0.165. The zero-order valence-electron chi connectivity index (χ0n) is 28.4. The van der Waals surface area contributed by atoms with E-state index in [-0.39, 0.29) is 31.6 Å². The monoisotopic (exact) mass is 685 g/mol. The normalized spacial score (nSPS) is 18.0. The highest BCUT2D eigenvalue weighted by Crippen LogP contribution is 2.47. The van der Waals surface area contributed by atoms with Crippen molar-refractivity contribution in [1.82, 2.24) is 15.0 Å². The predicted octanol–water partition coefficient (Wildman–Crippen LogP) is 5.49. The number of rotatable bonds is 12. The van der Waals surface area contributed by atoms with Gasteiger partial charge in [0.25, 0.3) is 11.8 Å². The minimum absolute atomic E-state index is 0.0716. The highest BCUT2D eigenvalue weighted by Gasteiger charge is 2.52. The van der Waals surface area contributed by atoms with Crippen molar-refractivity contribution in [2.45, 2.75) is 38.0 Å². The molecule has 0 aliphatic carbocycles. The van der Waals surface area contributed by atoms with E-state index in [1.54, 1.807) is 39.8 Å².